The van der Waals surface area contributed by atoms with Gasteiger partial charge in [0.1, 0.15) is 5.75 Å². The zero-order chi connectivity index (χ0) is 14.2. The normalized spacial score (nSPS) is 10.1. The van der Waals surface area contributed by atoms with Crippen LogP contribution in [0.1, 0.15) is 12.0 Å². The second kappa shape index (κ2) is 7.70. The van der Waals surface area contributed by atoms with E-state index in [-0.39, 0.29) is 5.91 Å². The predicted octanol–water partition coefficient (Wildman–Crippen LogP) is 3.99. The Labute approximate surface area is 127 Å². The van der Waals surface area contributed by atoms with E-state index in [1.165, 1.54) is 0 Å². The van der Waals surface area contributed by atoms with E-state index in [9.17, 15) is 4.79 Å². The Hall–Kier alpha value is -1.81. The molecule has 0 aliphatic carbocycles. The highest BCUT2D eigenvalue weighted by molar-refractivity contribution is 9.08. The minimum absolute atomic E-state index is 0.0469. The number of hydrogen-bond acceptors (Lipinski definition) is 2. The first-order valence-corrected chi connectivity index (χ1v) is 7.53. The summed E-state index contributed by atoms with van der Waals surface area (Å²) in [6, 6.07) is 17.2. The maximum atomic E-state index is 11.9. The Morgan fingerprint density at radius 3 is 2.50 bits per heavy atom. The second-order valence-electron chi connectivity index (χ2n) is 4.25. The Morgan fingerprint density at radius 2 is 1.75 bits per heavy atom. The summed E-state index contributed by atoms with van der Waals surface area (Å²) in [6.07, 6.45) is 0.325. The van der Waals surface area contributed by atoms with E-state index < -0.39 is 0 Å². The van der Waals surface area contributed by atoms with Gasteiger partial charge in [0, 0.05) is 11.0 Å². The highest BCUT2D eigenvalue weighted by Crippen LogP contribution is 2.18. The van der Waals surface area contributed by atoms with E-state index in [2.05, 4.69) is 21.2 Å². The molecule has 0 atom stereocenters. The second-order valence-corrected chi connectivity index (χ2v) is 4.81. The molecule has 104 valence electrons. The molecular formula is C16H16BrNO2. The van der Waals surface area contributed by atoms with Crippen LogP contribution in [0.25, 0.3) is 0 Å². The van der Waals surface area contributed by atoms with E-state index in [4.69, 9.17) is 4.74 Å². The molecule has 1 amide bonds. The van der Waals surface area contributed by atoms with E-state index in [1.807, 2.05) is 54.6 Å². The number of ether oxygens (including phenoxy) is 1. The van der Waals surface area contributed by atoms with Crippen LogP contribution < -0.4 is 10.1 Å². The molecule has 2 aromatic carbocycles. The van der Waals surface area contributed by atoms with Gasteiger partial charge in [-0.05, 0) is 23.8 Å². The number of halogens is 1. The van der Waals surface area contributed by atoms with Gasteiger partial charge in [-0.2, -0.15) is 0 Å². The van der Waals surface area contributed by atoms with Crippen LogP contribution in [0.3, 0.4) is 0 Å². The van der Waals surface area contributed by atoms with Gasteiger partial charge < -0.3 is 10.1 Å². The minimum Gasteiger partial charge on any atom is -0.493 e. The Bertz CT molecular complexity index is 557. The van der Waals surface area contributed by atoms with Crippen LogP contribution in [-0.4, -0.2) is 12.5 Å². The third-order valence-corrected chi connectivity index (χ3v) is 3.38. The van der Waals surface area contributed by atoms with Crippen molar-refractivity contribution in [1.29, 1.82) is 0 Å². The van der Waals surface area contributed by atoms with Crippen LogP contribution in [0, 0.1) is 0 Å². The standard InChI is InChI=1S/C16H16BrNO2/c17-12-13-6-4-5-9-15(13)18-16(19)10-11-20-14-7-2-1-3-8-14/h1-9H,10-12H2,(H,18,19). The Kier molecular flexibility index (Phi) is 5.62. The molecule has 2 aromatic rings. The first-order valence-electron chi connectivity index (χ1n) is 6.41. The number of amides is 1. The molecule has 0 unspecified atom stereocenters. The summed E-state index contributed by atoms with van der Waals surface area (Å²) in [6.45, 7) is 0.367. The molecule has 0 aliphatic heterocycles. The van der Waals surface area contributed by atoms with E-state index in [1.54, 1.807) is 0 Å². The number of nitrogens with one attached hydrogen (secondary N) is 1. The highest BCUT2D eigenvalue weighted by atomic mass is 79.9. The van der Waals surface area contributed by atoms with Crippen molar-refractivity contribution < 1.29 is 9.53 Å². The molecule has 2 rings (SSSR count). The molecule has 0 aliphatic rings. The summed E-state index contributed by atoms with van der Waals surface area (Å²) in [5, 5.41) is 3.61. The molecule has 3 nitrogen and oxygen atoms in total. The lowest BCUT2D eigenvalue weighted by Gasteiger charge is -2.10. The number of hydrogen-bond donors (Lipinski definition) is 1. The van der Waals surface area contributed by atoms with Gasteiger partial charge >= 0.3 is 0 Å². The van der Waals surface area contributed by atoms with Gasteiger partial charge in [-0.15, -0.1) is 0 Å². The lowest BCUT2D eigenvalue weighted by Crippen LogP contribution is -2.16. The van der Waals surface area contributed by atoms with Crippen molar-refractivity contribution in [3.63, 3.8) is 0 Å². The number of alkyl halides is 1. The largest absolute Gasteiger partial charge is 0.493 e. The van der Waals surface area contributed by atoms with Crippen molar-refractivity contribution in [3.8, 4) is 5.75 Å². The van der Waals surface area contributed by atoms with Crippen molar-refractivity contribution >= 4 is 27.5 Å². The number of carbonyl (C=O) groups excluding carboxylic acids is 1. The number of para-hydroxylation sites is 2. The van der Waals surface area contributed by atoms with Gasteiger partial charge in [-0.25, -0.2) is 0 Å². The highest BCUT2D eigenvalue weighted by Gasteiger charge is 2.06. The van der Waals surface area contributed by atoms with Crippen LogP contribution in [-0.2, 0) is 10.1 Å². The number of benzene rings is 2. The lowest BCUT2D eigenvalue weighted by atomic mass is 10.2. The van der Waals surface area contributed by atoms with Crippen LogP contribution in [0.5, 0.6) is 5.75 Å². The number of rotatable bonds is 6. The molecule has 0 spiro atoms. The van der Waals surface area contributed by atoms with Crippen LogP contribution in [0.4, 0.5) is 5.69 Å². The average Bonchev–Trinajstić information content (AvgIpc) is 2.49. The predicted molar refractivity (Wildman–Crippen MR) is 84.3 cm³/mol. The summed E-state index contributed by atoms with van der Waals surface area (Å²) in [4.78, 5) is 11.9. The van der Waals surface area contributed by atoms with Gasteiger partial charge in [0.2, 0.25) is 5.91 Å². The Balaban J connectivity index is 1.81. The Morgan fingerprint density at radius 1 is 1.05 bits per heavy atom. The van der Waals surface area contributed by atoms with Crippen molar-refractivity contribution in [3.05, 3.63) is 60.2 Å². The van der Waals surface area contributed by atoms with Gasteiger partial charge in [0.05, 0.1) is 13.0 Å². The van der Waals surface area contributed by atoms with Gasteiger partial charge in [0.25, 0.3) is 0 Å². The zero-order valence-electron chi connectivity index (χ0n) is 11.0. The monoisotopic (exact) mass is 333 g/mol. The molecule has 20 heavy (non-hydrogen) atoms. The van der Waals surface area contributed by atoms with Gasteiger partial charge in [0.15, 0.2) is 0 Å². The van der Waals surface area contributed by atoms with Crippen molar-refractivity contribution in [2.75, 3.05) is 11.9 Å². The molecular weight excluding hydrogens is 318 g/mol. The van der Waals surface area contributed by atoms with E-state index in [0.717, 1.165) is 17.0 Å². The molecule has 4 heteroatoms. The fourth-order valence-corrected chi connectivity index (χ4v) is 2.24. The maximum Gasteiger partial charge on any atom is 0.227 e. The molecule has 0 bridgehead atoms. The molecule has 0 saturated carbocycles. The van der Waals surface area contributed by atoms with Crippen LogP contribution in [0.2, 0.25) is 0 Å². The third kappa shape index (κ3) is 4.38. The van der Waals surface area contributed by atoms with E-state index in [0.29, 0.717) is 18.4 Å². The fourth-order valence-electron chi connectivity index (χ4n) is 1.75. The maximum absolute atomic E-state index is 11.9. The van der Waals surface area contributed by atoms with Gasteiger partial charge in [-0.3, -0.25) is 4.79 Å². The summed E-state index contributed by atoms with van der Waals surface area (Å²) >= 11 is 3.41. The molecule has 0 saturated heterocycles. The topological polar surface area (TPSA) is 38.3 Å². The quantitative estimate of drug-likeness (QED) is 0.811. The molecule has 1 N–H and O–H groups in total. The fraction of sp³-hybridized carbons (Fsp3) is 0.188. The first kappa shape index (κ1) is 14.6. The SMILES string of the molecule is O=C(CCOc1ccccc1)Nc1ccccc1CBr. The summed E-state index contributed by atoms with van der Waals surface area (Å²) in [5.41, 5.74) is 1.90. The van der Waals surface area contributed by atoms with Crippen molar-refractivity contribution in [2.24, 2.45) is 0 Å². The number of anilines is 1. The van der Waals surface area contributed by atoms with Gasteiger partial charge in [-0.1, -0.05) is 52.3 Å². The molecule has 0 radical (unpaired) electrons. The summed E-state index contributed by atoms with van der Waals surface area (Å²) < 4.78 is 5.50. The number of carbonyl (C=O) groups is 1. The summed E-state index contributed by atoms with van der Waals surface area (Å²) in [5.74, 6) is 0.732. The zero-order valence-corrected chi connectivity index (χ0v) is 12.6. The summed E-state index contributed by atoms with van der Waals surface area (Å²) in [7, 11) is 0. The smallest absolute Gasteiger partial charge is 0.227 e. The van der Waals surface area contributed by atoms with E-state index >= 15 is 0 Å². The first-order chi connectivity index (χ1) is 9.79. The van der Waals surface area contributed by atoms with Crippen molar-refractivity contribution in [1.82, 2.24) is 0 Å². The molecule has 0 aromatic heterocycles. The van der Waals surface area contributed by atoms with Crippen LogP contribution >= 0.6 is 15.9 Å². The third-order valence-electron chi connectivity index (χ3n) is 2.78. The van der Waals surface area contributed by atoms with Crippen LogP contribution in [0.15, 0.2) is 54.6 Å². The lowest BCUT2D eigenvalue weighted by molar-refractivity contribution is -0.116. The minimum atomic E-state index is -0.0469. The molecule has 0 heterocycles. The average molecular weight is 334 g/mol. The van der Waals surface area contributed by atoms with Crippen molar-refractivity contribution in [2.45, 2.75) is 11.8 Å². The molecule has 0 fully saturated rings.